The van der Waals surface area contributed by atoms with E-state index in [0.29, 0.717) is 6.61 Å². The molecular formula is C9H20N2O3. The first-order valence-electron chi connectivity index (χ1n) is 5.08. The van der Waals surface area contributed by atoms with Gasteiger partial charge in [0.1, 0.15) is 0 Å². The number of aliphatic hydroxyl groups excluding tert-OH is 1. The van der Waals surface area contributed by atoms with E-state index in [4.69, 9.17) is 9.99 Å². The van der Waals surface area contributed by atoms with Crippen LogP contribution in [0.2, 0.25) is 0 Å². The summed E-state index contributed by atoms with van der Waals surface area (Å²) in [6.07, 6.45) is 0. The molecule has 0 unspecified atom stereocenters. The van der Waals surface area contributed by atoms with Crippen molar-refractivity contribution >= 4 is 0 Å². The van der Waals surface area contributed by atoms with Crippen molar-refractivity contribution in [1.82, 2.24) is 9.80 Å². The SMILES string of the molecule is COOCCN1CCN(CCO)CC1. The van der Waals surface area contributed by atoms with Crippen molar-refractivity contribution < 1.29 is 14.9 Å². The minimum Gasteiger partial charge on any atom is -0.395 e. The summed E-state index contributed by atoms with van der Waals surface area (Å²) >= 11 is 0. The second kappa shape index (κ2) is 7.14. The summed E-state index contributed by atoms with van der Waals surface area (Å²) < 4.78 is 0. The van der Waals surface area contributed by atoms with E-state index in [9.17, 15) is 0 Å². The van der Waals surface area contributed by atoms with Gasteiger partial charge in [0.2, 0.25) is 0 Å². The van der Waals surface area contributed by atoms with Crippen molar-refractivity contribution in [1.29, 1.82) is 0 Å². The van der Waals surface area contributed by atoms with Crippen LogP contribution in [0.5, 0.6) is 0 Å². The average molecular weight is 204 g/mol. The van der Waals surface area contributed by atoms with E-state index in [1.807, 2.05) is 0 Å². The maximum absolute atomic E-state index is 8.77. The van der Waals surface area contributed by atoms with Crippen LogP contribution < -0.4 is 0 Å². The molecule has 0 aromatic heterocycles. The van der Waals surface area contributed by atoms with E-state index in [2.05, 4.69) is 14.7 Å². The van der Waals surface area contributed by atoms with Gasteiger partial charge in [-0.3, -0.25) is 9.80 Å². The van der Waals surface area contributed by atoms with Crippen LogP contribution in [0.15, 0.2) is 0 Å². The number of aliphatic hydroxyl groups is 1. The van der Waals surface area contributed by atoms with Crippen molar-refractivity contribution in [2.24, 2.45) is 0 Å². The van der Waals surface area contributed by atoms with Gasteiger partial charge >= 0.3 is 0 Å². The number of rotatable bonds is 6. The average Bonchev–Trinajstić information content (AvgIpc) is 2.21. The molecule has 0 aliphatic carbocycles. The largest absolute Gasteiger partial charge is 0.395 e. The molecule has 0 spiro atoms. The monoisotopic (exact) mass is 204 g/mol. The summed E-state index contributed by atoms with van der Waals surface area (Å²) in [5.74, 6) is 0. The third-order valence-corrected chi connectivity index (χ3v) is 2.49. The number of nitrogens with zero attached hydrogens (tertiary/aromatic N) is 2. The Labute approximate surface area is 85.1 Å². The first kappa shape index (κ1) is 11.9. The molecule has 0 bridgehead atoms. The Morgan fingerprint density at radius 2 is 1.64 bits per heavy atom. The lowest BCUT2D eigenvalue weighted by Crippen LogP contribution is -2.47. The molecule has 5 heteroatoms. The van der Waals surface area contributed by atoms with Crippen LogP contribution in [0.4, 0.5) is 0 Å². The molecule has 1 heterocycles. The van der Waals surface area contributed by atoms with Crippen molar-refractivity contribution in [3.05, 3.63) is 0 Å². The van der Waals surface area contributed by atoms with Crippen LogP contribution in [0.25, 0.3) is 0 Å². The smallest absolute Gasteiger partial charge is 0.0949 e. The molecule has 5 nitrogen and oxygen atoms in total. The quantitative estimate of drug-likeness (QED) is 0.348. The van der Waals surface area contributed by atoms with Gasteiger partial charge in [0, 0.05) is 39.3 Å². The first-order valence-corrected chi connectivity index (χ1v) is 5.08. The minimum atomic E-state index is 0.257. The van der Waals surface area contributed by atoms with Crippen LogP contribution >= 0.6 is 0 Å². The zero-order valence-corrected chi connectivity index (χ0v) is 8.81. The summed E-state index contributed by atoms with van der Waals surface area (Å²) in [5.41, 5.74) is 0. The van der Waals surface area contributed by atoms with Crippen LogP contribution in [0.3, 0.4) is 0 Å². The van der Waals surface area contributed by atoms with E-state index in [0.717, 1.165) is 39.3 Å². The zero-order valence-electron chi connectivity index (χ0n) is 8.81. The third kappa shape index (κ3) is 4.34. The predicted octanol–water partition coefficient (Wildman–Crippen LogP) is -0.826. The lowest BCUT2D eigenvalue weighted by molar-refractivity contribution is -0.273. The van der Waals surface area contributed by atoms with Crippen molar-refractivity contribution in [3.8, 4) is 0 Å². The van der Waals surface area contributed by atoms with Gasteiger partial charge in [-0.25, -0.2) is 9.78 Å². The Morgan fingerprint density at radius 1 is 1.07 bits per heavy atom. The van der Waals surface area contributed by atoms with Crippen molar-refractivity contribution in [2.75, 3.05) is 59.6 Å². The molecule has 1 aliphatic rings. The van der Waals surface area contributed by atoms with E-state index in [1.54, 1.807) is 0 Å². The number of piperazine rings is 1. The highest BCUT2D eigenvalue weighted by Crippen LogP contribution is 2.00. The molecule has 1 N–H and O–H groups in total. The van der Waals surface area contributed by atoms with E-state index < -0.39 is 0 Å². The van der Waals surface area contributed by atoms with Gasteiger partial charge in [0.25, 0.3) is 0 Å². The first-order chi connectivity index (χ1) is 6.86. The molecule has 0 saturated carbocycles. The van der Waals surface area contributed by atoms with Gasteiger partial charge in [0.05, 0.1) is 20.3 Å². The lowest BCUT2D eigenvalue weighted by Gasteiger charge is -2.33. The topological polar surface area (TPSA) is 45.2 Å². The van der Waals surface area contributed by atoms with Crippen LogP contribution in [0, 0.1) is 0 Å². The molecule has 1 rings (SSSR count). The van der Waals surface area contributed by atoms with Crippen LogP contribution in [-0.4, -0.2) is 74.5 Å². The van der Waals surface area contributed by atoms with E-state index in [1.165, 1.54) is 7.11 Å². The minimum absolute atomic E-state index is 0.257. The summed E-state index contributed by atoms with van der Waals surface area (Å²) in [6, 6.07) is 0. The van der Waals surface area contributed by atoms with Crippen molar-refractivity contribution in [2.45, 2.75) is 0 Å². The Morgan fingerprint density at radius 3 is 2.14 bits per heavy atom. The summed E-state index contributed by atoms with van der Waals surface area (Å²) in [6.45, 7) is 6.76. The van der Waals surface area contributed by atoms with Crippen molar-refractivity contribution in [3.63, 3.8) is 0 Å². The molecule has 0 radical (unpaired) electrons. The normalized spacial score (nSPS) is 20.1. The number of β-amino-alcohol motifs (C(OH)–C–C–N with tert-alkyl or cyclic N) is 1. The number of hydrogen-bond acceptors (Lipinski definition) is 5. The molecule has 84 valence electrons. The maximum atomic E-state index is 8.77. The third-order valence-electron chi connectivity index (χ3n) is 2.49. The molecule has 14 heavy (non-hydrogen) atoms. The van der Waals surface area contributed by atoms with Gasteiger partial charge < -0.3 is 5.11 Å². The zero-order chi connectivity index (χ0) is 10.2. The Hall–Kier alpha value is -0.200. The molecule has 0 atom stereocenters. The van der Waals surface area contributed by atoms with Crippen LogP contribution in [-0.2, 0) is 9.78 Å². The fourth-order valence-corrected chi connectivity index (χ4v) is 1.63. The molecular weight excluding hydrogens is 184 g/mol. The lowest BCUT2D eigenvalue weighted by atomic mass is 10.3. The summed E-state index contributed by atoms with van der Waals surface area (Å²) in [4.78, 5) is 13.9. The maximum Gasteiger partial charge on any atom is 0.0949 e. The van der Waals surface area contributed by atoms with Gasteiger partial charge in [-0.1, -0.05) is 0 Å². The van der Waals surface area contributed by atoms with E-state index >= 15 is 0 Å². The Bertz CT molecular complexity index is 138. The highest BCUT2D eigenvalue weighted by atomic mass is 17.2. The fraction of sp³-hybridized carbons (Fsp3) is 1.00. The molecule has 0 aromatic carbocycles. The molecule has 1 saturated heterocycles. The standard InChI is InChI=1S/C9H20N2O3/c1-13-14-9-7-11-4-2-10(3-5-11)6-8-12/h12H,2-9H2,1H3. The van der Waals surface area contributed by atoms with Gasteiger partial charge in [-0.2, -0.15) is 0 Å². The summed E-state index contributed by atoms with van der Waals surface area (Å²) in [7, 11) is 1.53. The number of hydrogen-bond donors (Lipinski definition) is 1. The Kier molecular flexibility index (Phi) is 6.05. The highest BCUT2D eigenvalue weighted by Gasteiger charge is 2.15. The fourth-order valence-electron chi connectivity index (χ4n) is 1.63. The Balaban J connectivity index is 2.03. The molecule has 1 aliphatic heterocycles. The second-order valence-corrected chi connectivity index (χ2v) is 3.40. The summed E-state index contributed by atoms with van der Waals surface area (Å²) in [5, 5.41) is 8.77. The molecule has 1 fully saturated rings. The predicted molar refractivity (Wildman–Crippen MR) is 52.9 cm³/mol. The van der Waals surface area contributed by atoms with Gasteiger partial charge in [-0.05, 0) is 0 Å². The van der Waals surface area contributed by atoms with Gasteiger partial charge in [0.15, 0.2) is 0 Å². The second-order valence-electron chi connectivity index (χ2n) is 3.40. The molecule has 0 amide bonds. The highest BCUT2D eigenvalue weighted by molar-refractivity contribution is 4.71. The van der Waals surface area contributed by atoms with Crippen LogP contribution in [0.1, 0.15) is 0 Å². The van der Waals surface area contributed by atoms with Gasteiger partial charge in [-0.15, -0.1) is 0 Å². The van der Waals surface area contributed by atoms with E-state index in [-0.39, 0.29) is 6.61 Å². The molecule has 0 aromatic rings.